The van der Waals surface area contributed by atoms with Gasteiger partial charge in [0.05, 0.1) is 11.3 Å². The number of hydrogen-bond acceptors (Lipinski definition) is 9. The molecule has 11 nitrogen and oxygen atoms in total. The predicted molar refractivity (Wildman–Crippen MR) is 141 cm³/mol. The Bertz CT molecular complexity index is 1220. The number of amides is 3. The zero-order valence-electron chi connectivity index (χ0n) is 21.8. The molecule has 0 aromatic carbocycles. The van der Waals surface area contributed by atoms with E-state index in [4.69, 9.17) is 9.68 Å². The van der Waals surface area contributed by atoms with E-state index in [0.29, 0.717) is 23.6 Å². The van der Waals surface area contributed by atoms with Crippen molar-refractivity contribution >= 4 is 29.7 Å². The second-order valence-electron chi connectivity index (χ2n) is 9.32. The summed E-state index contributed by atoms with van der Waals surface area (Å²) in [5, 5.41) is 1.49. The summed E-state index contributed by atoms with van der Waals surface area (Å²) in [7, 11) is 0. The van der Waals surface area contributed by atoms with Crippen molar-refractivity contribution in [2.24, 2.45) is 0 Å². The first-order chi connectivity index (χ1) is 18.0. The van der Waals surface area contributed by atoms with Crippen molar-refractivity contribution < 1.29 is 33.6 Å². The first kappa shape index (κ1) is 30.8. The van der Waals surface area contributed by atoms with Crippen molar-refractivity contribution in [3.05, 3.63) is 71.4 Å². The second-order valence-corrected chi connectivity index (χ2v) is 9.32. The van der Waals surface area contributed by atoms with E-state index in [-0.39, 0.29) is 49.3 Å². The number of hydrogen-bond donors (Lipinski definition) is 0. The molecule has 2 aromatic rings. The van der Waals surface area contributed by atoms with Gasteiger partial charge < -0.3 is 9.68 Å². The van der Waals surface area contributed by atoms with Gasteiger partial charge in [0.1, 0.15) is 0 Å². The van der Waals surface area contributed by atoms with Gasteiger partial charge in [-0.05, 0) is 42.5 Å². The molecular formula is C28H34N4O7. The Hall–Kier alpha value is -4.41. The Labute approximate surface area is 227 Å². The van der Waals surface area contributed by atoms with Crippen LogP contribution < -0.4 is 0 Å². The van der Waals surface area contributed by atoms with Gasteiger partial charge in [0.15, 0.2) is 5.69 Å². The van der Waals surface area contributed by atoms with E-state index in [0.717, 1.165) is 16.5 Å². The molecule has 208 valence electrons. The lowest BCUT2D eigenvalue weighted by Gasteiger charge is -2.15. The van der Waals surface area contributed by atoms with Crippen LogP contribution in [0.4, 0.5) is 0 Å². The first-order valence-electron chi connectivity index (χ1n) is 12.2. The molecule has 2 aliphatic heterocycles. The number of imide groups is 1. The lowest BCUT2D eigenvalue weighted by molar-refractivity contribution is -0.172. The van der Waals surface area contributed by atoms with Gasteiger partial charge in [-0.1, -0.05) is 47.8 Å². The van der Waals surface area contributed by atoms with E-state index < -0.39 is 23.8 Å². The molecule has 0 spiro atoms. The van der Waals surface area contributed by atoms with Gasteiger partial charge in [0.2, 0.25) is 0 Å². The van der Waals surface area contributed by atoms with Crippen molar-refractivity contribution in [2.45, 2.75) is 72.6 Å². The lowest BCUT2D eigenvalue weighted by atomic mass is 10.1. The standard InChI is InChI=1S/C14H16N2O3.C13H14N2O4.CH4/c1-9(2)11-5-4-6-12(15-11)14(18)19-16-10(3)7-8-13(16)17;1-8(2)10-4-3-9(7-14-10)13(18)19-15-11(16)5-6-12(15)17;/h4-6,9H,3,7-8H2,1-2H3;3-4,7-8H,5-6H2,1-2H3;1H4. The summed E-state index contributed by atoms with van der Waals surface area (Å²) >= 11 is 0. The largest absolute Gasteiger partial charge is 0.381 e. The third-order valence-electron chi connectivity index (χ3n) is 5.68. The maximum absolute atomic E-state index is 11.9. The molecular weight excluding hydrogens is 504 g/mol. The average molecular weight is 539 g/mol. The summed E-state index contributed by atoms with van der Waals surface area (Å²) in [6.45, 7) is 11.6. The normalized spacial score (nSPS) is 14.8. The molecule has 0 N–H and O–H groups in total. The second kappa shape index (κ2) is 13.4. The smallest absolute Gasteiger partial charge is 0.326 e. The van der Waals surface area contributed by atoms with Crippen LogP contribution in [0.5, 0.6) is 0 Å². The van der Waals surface area contributed by atoms with E-state index >= 15 is 0 Å². The fraction of sp³-hybridized carbons (Fsp3) is 0.393. The number of nitrogens with zero attached hydrogens (tertiary/aromatic N) is 4. The molecule has 2 fully saturated rings. The van der Waals surface area contributed by atoms with E-state index in [9.17, 15) is 24.0 Å². The number of pyridine rings is 2. The summed E-state index contributed by atoms with van der Waals surface area (Å²) in [5.74, 6) is -2.16. The summed E-state index contributed by atoms with van der Waals surface area (Å²) in [5.41, 5.74) is 2.56. The van der Waals surface area contributed by atoms with Crippen molar-refractivity contribution in [3.8, 4) is 0 Å². The topological polar surface area (TPSA) is 136 Å². The molecule has 39 heavy (non-hydrogen) atoms. The van der Waals surface area contributed by atoms with Gasteiger partial charge in [0, 0.05) is 36.8 Å². The van der Waals surface area contributed by atoms with E-state index in [1.54, 1.807) is 24.3 Å². The highest BCUT2D eigenvalue weighted by atomic mass is 16.7. The fourth-order valence-corrected chi connectivity index (χ4v) is 3.42. The maximum atomic E-state index is 11.9. The minimum atomic E-state index is -0.758. The van der Waals surface area contributed by atoms with Crippen molar-refractivity contribution in [2.75, 3.05) is 0 Å². The molecule has 4 heterocycles. The average Bonchev–Trinajstić information content (AvgIpc) is 3.39. The highest BCUT2D eigenvalue weighted by Gasteiger charge is 2.33. The maximum Gasteiger partial charge on any atom is 0.381 e. The summed E-state index contributed by atoms with van der Waals surface area (Å²) in [6.07, 6.45) is 2.38. The Morgan fingerprint density at radius 2 is 1.36 bits per heavy atom. The van der Waals surface area contributed by atoms with Crippen LogP contribution in [0.2, 0.25) is 0 Å². The van der Waals surface area contributed by atoms with Crippen LogP contribution in [0.25, 0.3) is 0 Å². The molecule has 0 atom stereocenters. The van der Waals surface area contributed by atoms with Gasteiger partial charge in [-0.3, -0.25) is 19.4 Å². The van der Waals surface area contributed by atoms with Crippen LogP contribution in [-0.2, 0) is 24.1 Å². The van der Waals surface area contributed by atoms with Crippen LogP contribution in [0.15, 0.2) is 48.8 Å². The molecule has 0 aliphatic carbocycles. The zero-order chi connectivity index (χ0) is 28.0. The van der Waals surface area contributed by atoms with Crippen LogP contribution in [0, 0.1) is 0 Å². The highest BCUT2D eigenvalue weighted by molar-refractivity contribution is 6.02. The lowest BCUT2D eigenvalue weighted by Crippen LogP contribution is -2.32. The minimum absolute atomic E-state index is 0. The van der Waals surface area contributed by atoms with Crippen LogP contribution >= 0.6 is 0 Å². The van der Waals surface area contributed by atoms with E-state index in [1.165, 1.54) is 6.20 Å². The third-order valence-corrected chi connectivity index (χ3v) is 5.68. The quantitative estimate of drug-likeness (QED) is 0.488. The fourth-order valence-electron chi connectivity index (χ4n) is 3.42. The van der Waals surface area contributed by atoms with Crippen LogP contribution in [0.1, 0.15) is 105 Å². The molecule has 0 radical (unpaired) electrons. The molecule has 4 rings (SSSR count). The van der Waals surface area contributed by atoms with Gasteiger partial charge >= 0.3 is 11.9 Å². The van der Waals surface area contributed by atoms with E-state index in [2.05, 4.69) is 16.5 Å². The molecule has 3 amide bonds. The van der Waals surface area contributed by atoms with Crippen molar-refractivity contribution in [1.82, 2.24) is 20.1 Å². The highest BCUT2D eigenvalue weighted by Crippen LogP contribution is 2.22. The number of hydroxylamine groups is 4. The zero-order valence-corrected chi connectivity index (χ0v) is 21.8. The Kier molecular flexibility index (Phi) is 10.6. The minimum Gasteiger partial charge on any atom is -0.326 e. The van der Waals surface area contributed by atoms with Crippen LogP contribution in [-0.4, -0.2) is 49.8 Å². The summed E-state index contributed by atoms with van der Waals surface area (Å²) < 4.78 is 0. The molecule has 0 bridgehead atoms. The molecule has 0 saturated carbocycles. The third kappa shape index (κ3) is 7.79. The molecule has 0 unspecified atom stereocenters. The number of carbonyl (C=O) groups excluding carboxylic acids is 5. The van der Waals surface area contributed by atoms with Gasteiger partial charge in [-0.2, -0.15) is 0 Å². The van der Waals surface area contributed by atoms with Crippen molar-refractivity contribution in [3.63, 3.8) is 0 Å². The van der Waals surface area contributed by atoms with Gasteiger partial charge in [0.25, 0.3) is 17.7 Å². The number of aromatic nitrogens is 2. The molecule has 2 aliphatic rings. The predicted octanol–water partition coefficient (Wildman–Crippen LogP) is 4.47. The van der Waals surface area contributed by atoms with Crippen molar-refractivity contribution in [1.29, 1.82) is 0 Å². The Balaban J connectivity index is 0.000000267. The summed E-state index contributed by atoms with van der Waals surface area (Å²) in [6, 6.07) is 8.45. The Morgan fingerprint density at radius 1 is 0.795 bits per heavy atom. The monoisotopic (exact) mass is 538 g/mol. The van der Waals surface area contributed by atoms with Crippen LogP contribution in [0.3, 0.4) is 0 Å². The van der Waals surface area contributed by atoms with E-state index in [1.807, 2.05) is 33.8 Å². The molecule has 2 aromatic heterocycles. The SMILES string of the molecule is C.C=C1CCC(=O)N1OC(=O)c1cccc(C(C)C)n1.CC(C)c1ccc(C(=O)ON2C(=O)CCC2=O)cn1. The Morgan fingerprint density at radius 3 is 1.87 bits per heavy atom. The van der Waals surface area contributed by atoms with Gasteiger partial charge in [-0.15, -0.1) is 10.1 Å². The number of rotatable bonds is 6. The first-order valence-corrected chi connectivity index (χ1v) is 12.2. The van der Waals surface area contributed by atoms with Gasteiger partial charge in [-0.25, -0.2) is 14.6 Å². The molecule has 2 saturated heterocycles. The summed E-state index contributed by atoms with van der Waals surface area (Å²) in [4.78, 5) is 76.0. The number of carbonyl (C=O) groups is 5. The molecule has 11 heteroatoms. The number of allylic oxidation sites excluding steroid dienone is 1.